The minimum Gasteiger partial charge on any atom is -0.381 e. The number of rotatable bonds is 4. The molecular weight excluding hydrogens is 298 g/mol. The van der Waals surface area contributed by atoms with Crippen molar-refractivity contribution in [2.45, 2.75) is 26.3 Å². The molecule has 0 unspecified atom stereocenters. The maximum Gasteiger partial charge on any atom is 0.113 e. The fourth-order valence-electron chi connectivity index (χ4n) is 3.50. The molecule has 1 aliphatic rings. The van der Waals surface area contributed by atoms with Crippen LogP contribution in [0, 0.1) is 6.92 Å². The van der Waals surface area contributed by atoms with E-state index in [1.807, 2.05) is 23.9 Å². The normalized spacial score (nSPS) is 14.5. The van der Waals surface area contributed by atoms with Crippen molar-refractivity contribution < 1.29 is 0 Å². The van der Waals surface area contributed by atoms with Crippen molar-refractivity contribution in [3.05, 3.63) is 47.5 Å². The van der Waals surface area contributed by atoms with Crippen molar-refractivity contribution in [1.29, 1.82) is 0 Å². The summed E-state index contributed by atoms with van der Waals surface area (Å²) in [6, 6.07) is 12.9. The number of nitrogens with one attached hydrogen (secondary N) is 1. The number of aryl methyl sites for hydroxylation is 2. The Morgan fingerprint density at radius 1 is 1.12 bits per heavy atom. The van der Waals surface area contributed by atoms with Gasteiger partial charge in [0.2, 0.25) is 0 Å². The quantitative estimate of drug-likeness (QED) is 0.799. The molecule has 0 bridgehead atoms. The van der Waals surface area contributed by atoms with Crippen LogP contribution in [0.1, 0.15) is 24.0 Å². The summed E-state index contributed by atoms with van der Waals surface area (Å²) in [7, 11) is 1.94. The molecule has 3 aromatic rings. The average Bonchev–Trinajstić information content (AvgIpc) is 3.25. The summed E-state index contributed by atoms with van der Waals surface area (Å²) in [5, 5.41) is 11.9. The van der Waals surface area contributed by atoms with Gasteiger partial charge in [-0.3, -0.25) is 0 Å². The van der Waals surface area contributed by atoms with Gasteiger partial charge in [-0.1, -0.05) is 23.4 Å². The molecular formula is C19H23N5. The monoisotopic (exact) mass is 321 g/mol. The second-order valence-corrected chi connectivity index (χ2v) is 6.54. The maximum absolute atomic E-state index is 4.20. The van der Waals surface area contributed by atoms with Crippen LogP contribution in [-0.2, 0) is 13.6 Å². The third-order valence-corrected chi connectivity index (χ3v) is 4.87. The van der Waals surface area contributed by atoms with Gasteiger partial charge in [0.15, 0.2) is 0 Å². The standard InChI is InChI=1S/C19H23N5/c1-14-8-9-16(24-10-3-4-11-24)12-18(14)20-13-15-6-5-7-17-19(15)23(2)22-21-17/h5-9,12,20H,3-4,10-11,13H2,1-2H3. The van der Waals surface area contributed by atoms with Crippen LogP contribution in [0.25, 0.3) is 11.0 Å². The van der Waals surface area contributed by atoms with Gasteiger partial charge >= 0.3 is 0 Å². The first kappa shape index (κ1) is 15.0. The average molecular weight is 321 g/mol. The predicted octanol–water partition coefficient (Wildman–Crippen LogP) is 3.49. The molecule has 5 heteroatoms. The highest BCUT2D eigenvalue weighted by Gasteiger charge is 2.13. The molecule has 1 saturated heterocycles. The number of nitrogens with zero attached hydrogens (tertiary/aromatic N) is 4. The third-order valence-electron chi connectivity index (χ3n) is 4.87. The van der Waals surface area contributed by atoms with Crippen molar-refractivity contribution in [2.75, 3.05) is 23.3 Å². The molecule has 0 saturated carbocycles. The number of hydrogen-bond donors (Lipinski definition) is 1. The number of benzene rings is 2. The molecule has 0 spiro atoms. The summed E-state index contributed by atoms with van der Waals surface area (Å²) in [6.07, 6.45) is 2.60. The lowest BCUT2D eigenvalue weighted by atomic mass is 10.1. The Bertz CT molecular complexity index is 861. The zero-order valence-electron chi connectivity index (χ0n) is 14.3. The summed E-state index contributed by atoms with van der Waals surface area (Å²) < 4.78 is 1.85. The Morgan fingerprint density at radius 2 is 1.96 bits per heavy atom. The molecule has 0 aliphatic carbocycles. The summed E-state index contributed by atoms with van der Waals surface area (Å²) in [5.41, 5.74) is 7.05. The van der Waals surface area contributed by atoms with Crippen LogP contribution in [0.2, 0.25) is 0 Å². The van der Waals surface area contributed by atoms with Crippen LogP contribution < -0.4 is 10.2 Å². The van der Waals surface area contributed by atoms with E-state index in [0.29, 0.717) is 0 Å². The van der Waals surface area contributed by atoms with Crippen LogP contribution in [0.4, 0.5) is 11.4 Å². The van der Waals surface area contributed by atoms with E-state index < -0.39 is 0 Å². The van der Waals surface area contributed by atoms with Gasteiger partial charge in [-0.15, -0.1) is 5.10 Å². The minimum absolute atomic E-state index is 0.767. The molecule has 1 N–H and O–H groups in total. The predicted molar refractivity (Wildman–Crippen MR) is 98.5 cm³/mol. The highest BCUT2D eigenvalue weighted by Crippen LogP contribution is 2.27. The summed E-state index contributed by atoms with van der Waals surface area (Å²) in [5.74, 6) is 0. The Morgan fingerprint density at radius 3 is 2.79 bits per heavy atom. The summed E-state index contributed by atoms with van der Waals surface area (Å²) in [4.78, 5) is 2.47. The Kier molecular flexibility index (Phi) is 3.84. The van der Waals surface area contributed by atoms with E-state index in [1.165, 1.54) is 48.4 Å². The van der Waals surface area contributed by atoms with E-state index >= 15 is 0 Å². The number of hydrogen-bond acceptors (Lipinski definition) is 4. The van der Waals surface area contributed by atoms with Gasteiger partial charge < -0.3 is 10.2 Å². The molecule has 0 radical (unpaired) electrons. The molecule has 2 aromatic carbocycles. The maximum atomic E-state index is 4.20. The van der Waals surface area contributed by atoms with E-state index in [0.717, 1.165) is 17.6 Å². The molecule has 2 heterocycles. The molecule has 124 valence electrons. The Labute approximate surface area is 142 Å². The molecule has 0 amide bonds. The zero-order valence-corrected chi connectivity index (χ0v) is 14.3. The molecule has 1 aromatic heterocycles. The molecule has 5 nitrogen and oxygen atoms in total. The minimum atomic E-state index is 0.767. The van der Waals surface area contributed by atoms with E-state index in [2.05, 4.69) is 51.7 Å². The second-order valence-electron chi connectivity index (χ2n) is 6.54. The van der Waals surface area contributed by atoms with Crippen molar-refractivity contribution in [2.24, 2.45) is 7.05 Å². The van der Waals surface area contributed by atoms with Gasteiger partial charge in [-0.05, 0) is 49.1 Å². The van der Waals surface area contributed by atoms with Crippen molar-refractivity contribution in [1.82, 2.24) is 15.0 Å². The van der Waals surface area contributed by atoms with Crippen molar-refractivity contribution in [3.8, 4) is 0 Å². The van der Waals surface area contributed by atoms with Crippen LogP contribution in [0.5, 0.6) is 0 Å². The fourth-order valence-corrected chi connectivity index (χ4v) is 3.50. The summed E-state index contributed by atoms with van der Waals surface area (Å²) >= 11 is 0. The van der Waals surface area contributed by atoms with E-state index in [9.17, 15) is 0 Å². The number of anilines is 2. The molecule has 0 atom stereocenters. The smallest absolute Gasteiger partial charge is 0.113 e. The Hall–Kier alpha value is -2.56. The van der Waals surface area contributed by atoms with Crippen molar-refractivity contribution >= 4 is 22.4 Å². The first-order valence-corrected chi connectivity index (χ1v) is 8.59. The molecule has 1 aliphatic heterocycles. The van der Waals surface area contributed by atoms with Crippen LogP contribution in [0.3, 0.4) is 0 Å². The van der Waals surface area contributed by atoms with Crippen LogP contribution >= 0.6 is 0 Å². The number of fused-ring (bicyclic) bond motifs is 1. The lowest BCUT2D eigenvalue weighted by molar-refractivity contribution is 0.734. The zero-order chi connectivity index (χ0) is 16.5. The van der Waals surface area contributed by atoms with E-state index in [1.54, 1.807) is 0 Å². The molecule has 1 fully saturated rings. The first-order chi connectivity index (χ1) is 11.7. The first-order valence-electron chi connectivity index (χ1n) is 8.59. The highest BCUT2D eigenvalue weighted by atomic mass is 15.4. The van der Waals surface area contributed by atoms with Gasteiger partial charge in [0.1, 0.15) is 5.52 Å². The van der Waals surface area contributed by atoms with E-state index in [4.69, 9.17) is 0 Å². The van der Waals surface area contributed by atoms with Gasteiger partial charge in [0.25, 0.3) is 0 Å². The number of aromatic nitrogens is 3. The molecule has 4 rings (SSSR count). The Balaban J connectivity index is 1.58. The second kappa shape index (κ2) is 6.15. The van der Waals surface area contributed by atoms with Crippen LogP contribution in [-0.4, -0.2) is 28.1 Å². The van der Waals surface area contributed by atoms with Gasteiger partial charge in [0, 0.05) is 38.1 Å². The van der Waals surface area contributed by atoms with Crippen LogP contribution in [0.15, 0.2) is 36.4 Å². The lowest BCUT2D eigenvalue weighted by Gasteiger charge is -2.20. The fraction of sp³-hybridized carbons (Fsp3) is 0.368. The van der Waals surface area contributed by atoms with Gasteiger partial charge in [0.05, 0.1) is 5.52 Å². The third kappa shape index (κ3) is 2.70. The van der Waals surface area contributed by atoms with E-state index in [-0.39, 0.29) is 0 Å². The summed E-state index contributed by atoms with van der Waals surface area (Å²) in [6.45, 7) is 5.26. The SMILES string of the molecule is Cc1ccc(N2CCCC2)cc1NCc1cccc2nnn(C)c12. The van der Waals surface area contributed by atoms with Crippen molar-refractivity contribution in [3.63, 3.8) is 0 Å². The number of para-hydroxylation sites is 1. The highest BCUT2D eigenvalue weighted by molar-refractivity contribution is 5.78. The molecule has 24 heavy (non-hydrogen) atoms. The van der Waals surface area contributed by atoms with Gasteiger partial charge in [-0.25, -0.2) is 4.68 Å². The van der Waals surface area contributed by atoms with Gasteiger partial charge in [-0.2, -0.15) is 0 Å². The topological polar surface area (TPSA) is 46.0 Å². The largest absolute Gasteiger partial charge is 0.381 e. The lowest BCUT2D eigenvalue weighted by Crippen LogP contribution is -2.17.